The van der Waals surface area contributed by atoms with Crippen LogP contribution in [0, 0.1) is 0 Å². The van der Waals surface area contributed by atoms with Crippen LogP contribution < -0.4 is 20.5 Å². The second-order valence-corrected chi connectivity index (χ2v) is 9.69. The van der Waals surface area contributed by atoms with Crippen molar-refractivity contribution in [2.45, 2.75) is 45.0 Å². The number of anilines is 2. The fraction of sp³-hybridized carbons (Fsp3) is 0.542. The minimum atomic E-state index is -4.83. The molecular weight excluding hydrogens is 507 g/mol. The van der Waals surface area contributed by atoms with Gasteiger partial charge in [0.1, 0.15) is 11.2 Å². The van der Waals surface area contributed by atoms with Crippen LogP contribution in [0.2, 0.25) is 0 Å². The zero-order valence-electron chi connectivity index (χ0n) is 21.3. The molecule has 1 atom stereocenters. The number of carbonyl (C=O) groups is 1. The maximum Gasteiger partial charge on any atom is 0.423 e. The summed E-state index contributed by atoms with van der Waals surface area (Å²) in [5.41, 5.74) is -2.72. The first kappa shape index (κ1) is 27.4. The van der Waals surface area contributed by atoms with Crippen molar-refractivity contribution in [2.75, 3.05) is 49.6 Å². The van der Waals surface area contributed by atoms with Gasteiger partial charge in [0, 0.05) is 38.4 Å². The van der Waals surface area contributed by atoms with E-state index in [2.05, 4.69) is 20.4 Å². The molecule has 1 fully saturated rings. The fourth-order valence-corrected chi connectivity index (χ4v) is 4.12. The lowest BCUT2D eigenvalue weighted by Crippen LogP contribution is -2.49. The number of H-pyrrole nitrogens is 1. The third-order valence-electron chi connectivity index (χ3n) is 6.08. The molecule has 4 rings (SSSR count). The summed E-state index contributed by atoms with van der Waals surface area (Å²) in [6.07, 6.45) is 1.84. The van der Waals surface area contributed by atoms with Crippen molar-refractivity contribution < 1.29 is 27.4 Å². The summed E-state index contributed by atoms with van der Waals surface area (Å²) >= 11 is 0. The normalized spacial score (nSPS) is 17.5. The molecular formula is C24H30F3N7O4. The molecule has 2 aromatic heterocycles. The molecule has 0 radical (unpaired) electrons. The number of amides is 1. The third kappa shape index (κ3) is 6.60. The number of nitrogens with zero attached hydrogens (tertiary/aromatic N) is 5. The van der Waals surface area contributed by atoms with Crippen molar-refractivity contribution >= 4 is 23.6 Å². The van der Waals surface area contributed by atoms with Crippen molar-refractivity contribution in [1.29, 1.82) is 0 Å². The molecule has 2 N–H and O–H groups in total. The van der Waals surface area contributed by atoms with Crippen LogP contribution in [0.5, 0.6) is 5.88 Å². The lowest BCUT2D eigenvalue weighted by molar-refractivity contribution is -0.138. The molecule has 38 heavy (non-hydrogen) atoms. The molecule has 11 nitrogen and oxygen atoms in total. The third-order valence-corrected chi connectivity index (χ3v) is 6.08. The van der Waals surface area contributed by atoms with Crippen LogP contribution >= 0.6 is 0 Å². The number of alkyl halides is 3. The second kappa shape index (κ2) is 11.0. The van der Waals surface area contributed by atoms with Gasteiger partial charge in [0.05, 0.1) is 37.1 Å². The molecule has 0 saturated carbocycles. The number of hydrogen-bond donors (Lipinski definition) is 2. The van der Waals surface area contributed by atoms with Crippen LogP contribution in [0.4, 0.5) is 24.8 Å². The molecule has 1 saturated heterocycles. The smallest absolute Gasteiger partial charge is 0.423 e. The van der Waals surface area contributed by atoms with E-state index < -0.39 is 34.6 Å². The number of carbonyl (C=O) groups excluding carboxylic acids is 1. The van der Waals surface area contributed by atoms with Crippen molar-refractivity contribution in [3.05, 3.63) is 40.0 Å². The Morgan fingerprint density at radius 1 is 1.26 bits per heavy atom. The molecule has 0 aromatic carbocycles. The van der Waals surface area contributed by atoms with Gasteiger partial charge in [-0.1, -0.05) is 0 Å². The molecule has 0 unspecified atom stereocenters. The molecule has 0 spiro atoms. The highest BCUT2D eigenvalue weighted by Crippen LogP contribution is 2.32. The zero-order chi connectivity index (χ0) is 27.5. The second-order valence-electron chi connectivity index (χ2n) is 9.69. The summed E-state index contributed by atoms with van der Waals surface area (Å²) in [6, 6.07) is -0.556. The quantitative estimate of drug-likeness (QED) is 0.488. The van der Waals surface area contributed by atoms with Gasteiger partial charge in [-0.05, 0) is 32.9 Å². The molecule has 14 heteroatoms. The lowest BCUT2D eigenvalue weighted by atomic mass is 10.1. The minimum absolute atomic E-state index is 0.0366. The van der Waals surface area contributed by atoms with Gasteiger partial charge in [0.2, 0.25) is 17.7 Å². The predicted molar refractivity (Wildman–Crippen MR) is 133 cm³/mol. The highest BCUT2D eigenvalue weighted by molar-refractivity contribution is 5.76. The van der Waals surface area contributed by atoms with Gasteiger partial charge >= 0.3 is 6.18 Å². The van der Waals surface area contributed by atoms with E-state index in [-0.39, 0.29) is 25.5 Å². The topological polar surface area (TPSA) is 126 Å². The Morgan fingerprint density at radius 3 is 2.71 bits per heavy atom. The van der Waals surface area contributed by atoms with E-state index in [4.69, 9.17) is 9.47 Å². The molecule has 2 aliphatic rings. The molecule has 206 valence electrons. The van der Waals surface area contributed by atoms with E-state index in [1.807, 2.05) is 30.9 Å². The number of aromatic amines is 1. The van der Waals surface area contributed by atoms with E-state index in [0.717, 1.165) is 11.8 Å². The number of fused-ring (bicyclic) bond motifs is 1. The van der Waals surface area contributed by atoms with E-state index in [1.165, 1.54) is 0 Å². The molecule has 1 amide bonds. The summed E-state index contributed by atoms with van der Waals surface area (Å²) in [6.45, 7) is 7.79. The standard InChI is InChI=1S/C24H30F3N7O4/c1-15(30-17-13-29-32-20(36)19(17)24(25,26)27)14-37-11-5-18(35)33-7-9-34(10-8-33)22-28-12-16-4-6-23(2,3)38-21(16)31-22/h4,6,12-13,15H,5,7-11,14H2,1-3H3,(H2,30,32,36)/t15-/m0/s1. The maximum atomic E-state index is 13.2. The lowest BCUT2D eigenvalue weighted by Gasteiger charge is -2.35. The Labute approximate surface area is 217 Å². The van der Waals surface area contributed by atoms with E-state index >= 15 is 0 Å². The van der Waals surface area contributed by atoms with Crippen molar-refractivity contribution in [3.63, 3.8) is 0 Å². The van der Waals surface area contributed by atoms with Crippen molar-refractivity contribution in [3.8, 4) is 5.88 Å². The number of aromatic nitrogens is 4. The van der Waals surface area contributed by atoms with Crippen molar-refractivity contribution in [1.82, 2.24) is 25.1 Å². The van der Waals surface area contributed by atoms with Gasteiger partial charge in [-0.3, -0.25) is 9.59 Å². The van der Waals surface area contributed by atoms with Gasteiger partial charge < -0.3 is 24.6 Å². The van der Waals surface area contributed by atoms with Gasteiger partial charge in [-0.2, -0.15) is 23.3 Å². The minimum Gasteiger partial charge on any atom is -0.467 e. The highest BCUT2D eigenvalue weighted by Gasteiger charge is 2.37. The van der Waals surface area contributed by atoms with Gasteiger partial charge in [0.15, 0.2) is 0 Å². The Balaban J connectivity index is 1.20. The SMILES string of the molecule is C[C@@H](COCCC(=O)N1CCN(c2ncc3c(n2)OC(C)(C)C=C3)CC1)Nc1cn[nH]c(=O)c1C(F)(F)F. The number of piperazine rings is 1. The Hall–Kier alpha value is -3.68. The Bertz CT molecular complexity index is 1240. The summed E-state index contributed by atoms with van der Waals surface area (Å²) in [4.78, 5) is 36.9. The van der Waals surface area contributed by atoms with E-state index in [9.17, 15) is 22.8 Å². The number of rotatable bonds is 8. The fourth-order valence-electron chi connectivity index (χ4n) is 4.12. The summed E-state index contributed by atoms with van der Waals surface area (Å²) in [7, 11) is 0. The van der Waals surface area contributed by atoms with Gasteiger partial charge in [-0.15, -0.1) is 0 Å². The first-order valence-electron chi connectivity index (χ1n) is 12.2. The Kier molecular flexibility index (Phi) is 7.90. The van der Waals surface area contributed by atoms with Crippen LogP contribution in [-0.2, 0) is 15.7 Å². The first-order valence-corrected chi connectivity index (χ1v) is 12.2. The van der Waals surface area contributed by atoms with Crippen LogP contribution in [0.15, 0.2) is 23.3 Å². The highest BCUT2D eigenvalue weighted by atomic mass is 19.4. The van der Waals surface area contributed by atoms with Gasteiger partial charge in [0.25, 0.3) is 5.56 Å². The average molecular weight is 538 g/mol. The predicted octanol–water partition coefficient (Wildman–Crippen LogP) is 2.32. The van der Waals surface area contributed by atoms with E-state index in [1.54, 1.807) is 23.1 Å². The largest absolute Gasteiger partial charge is 0.467 e. The number of nitrogens with one attached hydrogen (secondary N) is 2. The monoisotopic (exact) mass is 537 g/mol. The van der Waals surface area contributed by atoms with Crippen LogP contribution in [-0.4, -0.2) is 82.0 Å². The van der Waals surface area contributed by atoms with E-state index in [0.29, 0.717) is 38.0 Å². The maximum absolute atomic E-state index is 13.2. The molecule has 2 aliphatic heterocycles. The summed E-state index contributed by atoms with van der Waals surface area (Å²) < 4.78 is 50.9. The summed E-state index contributed by atoms with van der Waals surface area (Å²) in [5, 5.41) is 7.81. The van der Waals surface area contributed by atoms with Crippen molar-refractivity contribution in [2.24, 2.45) is 0 Å². The van der Waals surface area contributed by atoms with Crippen LogP contribution in [0.25, 0.3) is 6.08 Å². The average Bonchev–Trinajstić information content (AvgIpc) is 2.85. The Morgan fingerprint density at radius 2 is 2.00 bits per heavy atom. The zero-order valence-corrected chi connectivity index (χ0v) is 21.3. The first-order chi connectivity index (χ1) is 17.9. The summed E-state index contributed by atoms with van der Waals surface area (Å²) in [5.74, 6) is 1.01. The van der Waals surface area contributed by atoms with Gasteiger partial charge in [-0.25, -0.2) is 10.1 Å². The van der Waals surface area contributed by atoms with Crippen LogP contribution in [0.3, 0.4) is 0 Å². The molecule has 0 bridgehead atoms. The number of hydrogen-bond acceptors (Lipinski definition) is 9. The molecule has 2 aromatic rings. The molecule has 4 heterocycles. The number of ether oxygens (including phenoxy) is 2. The van der Waals surface area contributed by atoms with Crippen LogP contribution in [0.1, 0.15) is 38.3 Å². The number of halogens is 3. The molecule has 0 aliphatic carbocycles.